The molecule has 0 amide bonds. The van der Waals surface area contributed by atoms with E-state index in [0.717, 1.165) is 36.3 Å². The molecule has 0 spiro atoms. The second-order valence-corrected chi connectivity index (χ2v) is 8.48. The summed E-state index contributed by atoms with van der Waals surface area (Å²) in [4.78, 5) is 11.5. The molecule has 1 aliphatic carbocycles. The molecular weight excluding hydrogens is 376 g/mol. The Bertz CT molecular complexity index is 1110. The van der Waals surface area contributed by atoms with E-state index in [9.17, 15) is 9.90 Å². The maximum atomic E-state index is 11.5. The monoisotopic (exact) mass is 404 g/mol. The largest absolute Gasteiger partial charge is 0.496 e. The molecule has 1 fully saturated rings. The van der Waals surface area contributed by atoms with Crippen LogP contribution in [0, 0.1) is 0 Å². The topological polar surface area (TPSA) is 63.5 Å². The summed E-state index contributed by atoms with van der Waals surface area (Å²) in [5.41, 5.74) is 6.42. The van der Waals surface area contributed by atoms with Gasteiger partial charge in [-0.2, -0.15) is 0 Å². The van der Waals surface area contributed by atoms with Gasteiger partial charge in [0.2, 0.25) is 0 Å². The standard InChI is InChI=1S/C25H28N2O3/c1-30-23-10-9-19-20(24(23)16-5-3-2-4-6-16)15-26-11-12-27-21-14-18(25(28)29)8-7-17(21)13-22(19)27/h7-10,13-14,16,26H,2-6,11-12,15H2,1H3,(H,28,29). The van der Waals surface area contributed by atoms with E-state index in [1.807, 2.05) is 6.07 Å². The third-order valence-corrected chi connectivity index (χ3v) is 6.79. The summed E-state index contributed by atoms with van der Waals surface area (Å²) in [5.74, 6) is 0.654. The highest BCUT2D eigenvalue weighted by molar-refractivity contribution is 5.95. The zero-order chi connectivity index (χ0) is 20.7. The minimum atomic E-state index is -0.888. The fraction of sp³-hybridized carbons (Fsp3) is 0.400. The average molecular weight is 405 g/mol. The molecular formula is C25H28N2O3. The molecule has 1 aromatic heterocycles. The van der Waals surface area contributed by atoms with Crippen molar-refractivity contribution in [1.82, 2.24) is 9.88 Å². The maximum Gasteiger partial charge on any atom is 0.335 e. The number of aromatic carboxylic acids is 1. The highest BCUT2D eigenvalue weighted by atomic mass is 16.5. The van der Waals surface area contributed by atoms with Gasteiger partial charge in [-0.05, 0) is 54.7 Å². The van der Waals surface area contributed by atoms with Gasteiger partial charge in [0.25, 0.3) is 0 Å². The Labute approximate surface area is 176 Å². The third-order valence-electron chi connectivity index (χ3n) is 6.79. The molecule has 1 aliphatic heterocycles. The number of methoxy groups -OCH3 is 1. The van der Waals surface area contributed by atoms with Crippen molar-refractivity contribution in [2.45, 2.75) is 51.1 Å². The minimum Gasteiger partial charge on any atom is -0.496 e. The number of hydrogen-bond donors (Lipinski definition) is 2. The quantitative estimate of drug-likeness (QED) is 0.632. The molecule has 2 aromatic carbocycles. The Kier molecular flexibility index (Phi) is 4.99. The fourth-order valence-corrected chi connectivity index (χ4v) is 5.35. The van der Waals surface area contributed by atoms with Crippen LogP contribution in [0.2, 0.25) is 0 Å². The van der Waals surface area contributed by atoms with Crippen LogP contribution in [0.3, 0.4) is 0 Å². The molecule has 156 valence electrons. The molecule has 5 heteroatoms. The number of aromatic nitrogens is 1. The van der Waals surface area contributed by atoms with Crippen LogP contribution in [-0.4, -0.2) is 29.3 Å². The van der Waals surface area contributed by atoms with Crippen molar-refractivity contribution >= 4 is 16.9 Å². The number of rotatable bonds is 3. The van der Waals surface area contributed by atoms with Crippen molar-refractivity contribution in [2.24, 2.45) is 0 Å². The van der Waals surface area contributed by atoms with E-state index in [-0.39, 0.29) is 0 Å². The summed E-state index contributed by atoms with van der Waals surface area (Å²) in [6, 6.07) is 11.9. The number of fused-ring (bicyclic) bond motifs is 5. The molecule has 0 unspecified atom stereocenters. The first-order chi connectivity index (χ1) is 14.7. The van der Waals surface area contributed by atoms with Gasteiger partial charge in [0.05, 0.1) is 12.7 Å². The van der Waals surface area contributed by atoms with Crippen molar-refractivity contribution in [3.63, 3.8) is 0 Å². The summed E-state index contributed by atoms with van der Waals surface area (Å²) in [6.07, 6.45) is 6.33. The van der Waals surface area contributed by atoms with Crippen molar-refractivity contribution < 1.29 is 14.6 Å². The normalized spacial score (nSPS) is 17.1. The second-order valence-electron chi connectivity index (χ2n) is 8.48. The lowest BCUT2D eigenvalue weighted by Gasteiger charge is -2.29. The second kappa shape index (κ2) is 7.80. The van der Waals surface area contributed by atoms with Crippen LogP contribution in [-0.2, 0) is 13.1 Å². The molecule has 1 saturated carbocycles. The number of nitrogens with zero attached hydrogens (tertiary/aromatic N) is 1. The lowest BCUT2D eigenvalue weighted by Crippen LogP contribution is -2.24. The van der Waals surface area contributed by atoms with E-state index in [4.69, 9.17) is 4.74 Å². The Hall–Kier alpha value is -2.79. The Morgan fingerprint density at radius 1 is 1.13 bits per heavy atom. The number of carbonyl (C=O) groups is 1. The Morgan fingerprint density at radius 2 is 1.97 bits per heavy atom. The van der Waals surface area contributed by atoms with Gasteiger partial charge in [0.1, 0.15) is 5.75 Å². The van der Waals surface area contributed by atoms with E-state index in [2.05, 4.69) is 28.1 Å². The van der Waals surface area contributed by atoms with Crippen molar-refractivity contribution in [3.8, 4) is 17.0 Å². The number of benzene rings is 2. The van der Waals surface area contributed by atoms with Crippen LogP contribution < -0.4 is 10.1 Å². The van der Waals surface area contributed by atoms with E-state index in [1.165, 1.54) is 54.5 Å². The zero-order valence-corrected chi connectivity index (χ0v) is 17.4. The number of carboxylic acid groups (broad SMARTS) is 1. The number of ether oxygens (including phenoxy) is 1. The first-order valence-corrected chi connectivity index (χ1v) is 10.9. The molecule has 2 aliphatic rings. The maximum absolute atomic E-state index is 11.5. The van der Waals surface area contributed by atoms with Gasteiger partial charge in [-0.25, -0.2) is 4.79 Å². The van der Waals surface area contributed by atoms with Crippen LogP contribution in [0.4, 0.5) is 0 Å². The summed E-state index contributed by atoms with van der Waals surface area (Å²) in [5, 5.41) is 14.1. The average Bonchev–Trinajstić information content (AvgIpc) is 3.11. The molecule has 5 nitrogen and oxygen atoms in total. The van der Waals surface area contributed by atoms with E-state index >= 15 is 0 Å². The summed E-state index contributed by atoms with van der Waals surface area (Å²) < 4.78 is 8.09. The molecule has 0 bridgehead atoms. The predicted octanol–water partition coefficient (Wildman–Crippen LogP) is 5.17. The Morgan fingerprint density at radius 3 is 2.73 bits per heavy atom. The molecule has 0 atom stereocenters. The zero-order valence-electron chi connectivity index (χ0n) is 17.4. The molecule has 0 radical (unpaired) electrons. The smallest absolute Gasteiger partial charge is 0.335 e. The van der Waals surface area contributed by atoms with Gasteiger partial charge in [-0.3, -0.25) is 0 Å². The van der Waals surface area contributed by atoms with E-state index in [1.54, 1.807) is 19.2 Å². The SMILES string of the molecule is COc1ccc2c(c1C1CCCCC1)CNCCn1c-2cc2ccc(C(=O)O)cc21. The fourth-order valence-electron chi connectivity index (χ4n) is 5.35. The van der Waals surface area contributed by atoms with Crippen LogP contribution in [0.5, 0.6) is 5.75 Å². The van der Waals surface area contributed by atoms with Crippen LogP contribution in [0.1, 0.15) is 59.5 Å². The number of carboxylic acids is 1. The van der Waals surface area contributed by atoms with Gasteiger partial charge in [-0.1, -0.05) is 25.3 Å². The first-order valence-electron chi connectivity index (χ1n) is 10.9. The molecule has 30 heavy (non-hydrogen) atoms. The third kappa shape index (κ3) is 3.18. The summed E-state index contributed by atoms with van der Waals surface area (Å²) in [7, 11) is 1.77. The molecule has 0 saturated heterocycles. The number of hydrogen-bond acceptors (Lipinski definition) is 3. The molecule has 2 N–H and O–H groups in total. The van der Waals surface area contributed by atoms with Crippen molar-refractivity contribution in [2.75, 3.05) is 13.7 Å². The van der Waals surface area contributed by atoms with Gasteiger partial charge in [-0.15, -0.1) is 0 Å². The van der Waals surface area contributed by atoms with Gasteiger partial charge >= 0.3 is 5.97 Å². The highest BCUT2D eigenvalue weighted by Crippen LogP contribution is 2.44. The van der Waals surface area contributed by atoms with Gasteiger partial charge in [0, 0.05) is 47.4 Å². The van der Waals surface area contributed by atoms with Crippen molar-refractivity contribution in [1.29, 1.82) is 0 Å². The van der Waals surface area contributed by atoms with Gasteiger partial charge < -0.3 is 19.7 Å². The molecule has 2 heterocycles. The Balaban J connectivity index is 1.73. The van der Waals surface area contributed by atoms with Gasteiger partial charge in [0.15, 0.2) is 0 Å². The van der Waals surface area contributed by atoms with E-state index in [0.29, 0.717) is 11.5 Å². The van der Waals surface area contributed by atoms with Crippen molar-refractivity contribution in [3.05, 3.63) is 53.1 Å². The lowest BCUT2D eigenvalue weighted by molar-refractivity contribution is 0.0697. The van der Waals surface area contributed by atoms with Crippen LogP contribution >= 0.6 is 0 Å². The van der Waals surface area contributed by atoms with E-state index < -0.39 is 5.97 Å². The highest BCUT2D eigenvalue weighted by Gasteiger charge is 2.26. The van der Waals surface area contributed by atoms with Crippen LogP contribution in [0.15, 0.2) is 36.4 Å². The molecule has 3 aromatic rings. The van der Waals surface area contributed by atoms with Crippen LogP contribution in [0.25, 0.3) is 22.2 Å². The number of nitrogens with one attached hydrogen (secondary N) is 1. The summed E-state index contributed by atoms with van der Waals surface area (Å²) >= 11 is 0. The summed E-state index contributed by atoms with van der Waals surface area (Å²) in [6.45, 7) is 2.49. The predicted molar refractivity (Wildman–Crippen MR) is 118 cm³/mol. The molecule has 5 rings (SSSR count). The lowest BCUT2D eigenvalue weighted by atomic mass is 9.80. The minimum absolute atomic E-state index is 0.330. The first kappa shape index (κ1) is 19.2.